The van der Waals surface area contributed by atoms with Crippen molar-refractivity contribution in [3.05, 3.63) is 23.2 Å². The Morgan fingerprint density at radius 1 is 1.42 bits per heavy atom. The van der Waals surface area contributed by atoms with Crippen molar-refractivity contribution in [2.75, 3.05) is 20.3 Å². The monoisotopic (exact) mass is 375 g/mol. The summed E-state index contributed by atoms with van der Waals surface area (Å²) in [6.45, 7) is 3.17. The molecule has 1 aliphatic carbocycles. The van der Waals surface area contributed by atoms with E-state index < -0.39 is 5.54 Å². The fourth-order valence-electron chi connectivity index (χ4n) is 4.22. The van der Waals surface area contributed by atoms with E-state index in [9.17, 15) is 9.59 Å². The van der Waals surface area contributed by atoms with Gasteiger partial charge in [-0.05, 0) is 37.3 Å². The standard InChI is InChI=1S/C19H25N3O3S/c1-19(18(24)20-13-5-3-4-6-13)12-21-14-7-10-26-16(14)11-15(21)17(23)22(19)8-9-25-2/h7,10-11,13H,3-6,8-9,12H2,1-2H3,(H,20,24)/t19-/m1/s1. The van der Waals surface area contributed by atoms with E-state index in [0.29, 0.717) is 25.4 Å². The molecule has 2 aromatic rings. The maximum atomic E-state index is 13.2. The fourth-order valence-corrected chi connectivity index (χ4v) is 5.04. The predicted octanol–water partition coefficient (Wildman–Crippen LogP) is 2.62. The number of carbonyl (C=O) groups is 2. The molecule has 0 unspecified atom stereocenters. The molecule has 1 aliphatic heterocycles. The van der Waals surface area contributed by atoms with Gasteiger partial charge >= 0.3 is 0 Å². The van der Waals surface area contributed by atoms with Crippen LogP contribution in [-0.2, 0) is 16.1 Å². The third kappa shape index (κ3) is 2.74. The van der Waals surface area contributed by atoms with Gasteiger partial charge in [0.1, 0.15) is 11.2 Å². The summed E-state index contributed by atoms with van der Waals surface area (Å²) in [4.78, 5) is 28.2. The number of nitrogens with one attached hydrogen (secondary N) is 1. The number of hydrogen-bond acceptors (Lipinski definition) is 4. The van der Waals surface area contributed by atoms with Crippen molar-refractivity contribution >= 4 is 33.4 Å². The van der Waals surface area contributed by atoms with Gasteiger partial charge in [0.15, 0.2) is 0 Å². The van der Waals surface area contributed by atoms with Crippen LogP contribution < -0.4 is 5.32 Å². The van der Waals surface area contributed by atoms with E-state index >= 15 is 0 Å². The van der Waals surface area contributed by atoms with Crippen molar-refractivity contribution in [3.63, 3.8) is 0 Å². The summed E-state index contributed by atoms with van der Waals surface area (Å²) in [7, 11) is 1.61. The van der Waals surface area contributed by atoms with Gasteiger partial charge in [0, 0.05) is 19.7 Å². The molecule has 140 valence electrons. The Morgan fingerprint density at radius 3 is 2.92 bits per heavy atom. The van der Waals surface area contributed by atoms with Crippen molar-refractivity contribution < 1.29 is 14.3 Å². The molecule has 4 rings (SSSR count). The zero-order valence-electron chi connectivity index (χ0n) is 15.3. The van der Waals surface area contributed by atoms with Crippen LogP contribution in [0.4, 0.5) is 0 Å². The molecule has 1 fully saturated rings. The van der Waals surface area contributed by atoms with Gasteiger partial charge in [-0.1, -0.05) is 12.8 Å². The first kappa shape index (κ1) is 17.5. The highest BCUT2D eigenvalue weighted by atomic mass is 32.1. The van der Waals surface area contributed by atoms with Crippen LogP contribution in [0.2, 0.25) is 0 Å². The van der Waals surface area contributed by atoms with Crippen LogP contribution in [0.1, 0.15) is 43.1 Å². The molecular weight excluding hydrogens is 350 g/mol. The van der Waals surface area contributed by atoms with Crippen LogP contribution in [0, 0.1) is 0 Å². The number of amides is 2. The summed E-state index contributed by atoms with van der Waals surface area (Å²) >= 11 is 1.62. The van der Waals surface area contributed by atoms with Gasteiger partial charge in [-0.3, -0.25) is 9.59 Å². The van der Waals surface area contributed by atoms with Gasteiger partial charge in [0.05, 0.1) is 23.4 Å². The van der Waals surface area contributed by atoms with E-state index in [1.807, 2.05) is 29.0 Å². The number of carbonyl (C=O) groups excluding carboxylic acids is 2. The van der Waals surface area contributed by atoms with E-state index in [1.54, 1.807) is 23.3 Å². The predicted molar refractivity (Wildman–Crippen MR) is 102 cm³/mol. The first-order chi connectivity index (χ1) is 12.5. The third-order valence-electron chi connectivity index (χ3n) is 5.75. The highest BCUT2D eigenvalue weighted by Crippen LogP contribution is 2.34. The van der Waals surface area contributed by atoms with Crippen LogP contribution in [0.15, 0.2) is 17.5 Å². The normalized spacial score (nSPS) is 23.6. The number of aromatic nitrogens is 1. The van der Waals surface area contributed by atoms with E-state index in [2.05, 4.69) is 5.32 Å². The number of nitrogens with zero attached hydrogens (tertiary/aromatic N) is 2. The number of ether oxygens (including phenoxy) is 1. The smallest absolute Gasteiger partial charge is 0.271 e. The molecule has 1 N–H and O–H groups in total. The number of thiophene rings is 1. The molecule has 0 bridgehead atoms. The van der Waals surface area contributed by atoms with Gasteiger partial charge < -0.3 is 19.5 Å². The largest absolute Gasteiger partial charge is 0.383 e. The summed E-state index contributed by atoms with van der Waals surface area (Å²) in [5.74, 6) is -0.155. The van der Waals surface area contributed by atoms with E-state index in [4.69, 9.17) is 4.74 Å². The topological polar surface area (TPSA) is 63.6 Å². The van der Waals surface area contributed by atoms with Crippen molar-refractivity contribution in [1.29, 1.82) is 0 Å². The third-order valence-corrected chi connectivity index (χ3v) is 6.60. The minimum absolute atomic E-state index is 0.0587. The highest BCUT2D eigenvalue weighted by molar-refractivity contribution is 7.17. The van der Waals surface area contributed by atoms with Crippen molar-refractivity contribution in [2.45, 2.75) is 50.7 Å². The lowest BCUT2D eigenvalue weighted by atomic mass is 9.94. The van der Waals surface area contributed by atoms with E-state index in [1.165, 1.54) is 0 Å². The van der Waals surface area contributed by atoms with Crippen LogP contribution in [0.5, 0.6) is 0 Å². The Labute approximate surface area is 157 Å². The molecule has 2 aliphatic rings. The molecule has 6 nitrogen and oxygen atoms in total. The second-order valence-electron chi connectivity index (χ2n) is 7.46. The van der Waals surface area contributed by atoms with Gasteiger partial charge in [0.2, 0.25) is 5.91 Å². The second-order valence-corrected chi connectivity index (χ2v) is 8.41. The number of methoxy groups -OCH3 is 1. The molecule has 3 heterocycles. The molecule has 26 heavy (non-hydrogen) atoms. The zero-order chi connectivity index (χ0) is 18.3. The Balaban J connectivity index is 1.70. The fraction of sp³-hybridized carbons (Fsp3) is 0.579. The van der Waals surface area contributed by atoms with Crippen LogP contribution in [0.25, 0.3) is 10.2 Å². The van der Waals surface area contributed by atoms with Gasteiger partial charge in [-0.2, -0.15) is 0 Å². The Hall–Kier alpha value is -1.86. The summed E-state index contributed by atoms with van der Waals surface area (Å²) in [6.07, 6.45) is 4.37. The van der Waals surface area contributed by atoms with Crippen molar-refractivity contribution in [1.82, 2.24) is 14.8 Å². The molecule has 2 amide bonds. The average molecular weight is 375 g/mol. The Kier molecular flexibility index (Phi) is 4.52. The summed E-state index contributed by atoms with van der Waals surface area (Å²) in [5.41, 5.74) is 0.776. The number of hydrogen-bond donors (Lipinski definition) is 1. The SMILES string of the molecule is COCCN1C(=O)c2cc3sccc3n2C[C@]1(C)C(=O)NC1CCCC1. The molecule has 0 aromatic carbocycles. The van der Waals surface area contributed by atoms with Gasteiger partial charge in [-0.15, -0.1) is 11.3 Å². The van der Waals surface area contributed by atoms with Gasteiger partial charge in [-0.25, -0.2) is 0 Å². The minimum atomic E-state index is -0.918. The molecule has 2 aromatic heterocycles. The Morgan fingerprint density at radius 2 is 2.19 bits per heavy atom. The summed E-state index contributed by atoms with van der Waals surface area (Å²) < 4.78 is 8.29. The molecule has 0 spiro atoms. The van der Waals surface area contributed by atoms with E-state index in [-0.39, 0.29) is 17.9 Å². The maximum Gasteiger partial charge on any atom is 0.271 e. The average Bonchev–Trinajstić information content (AvgIpc) is 3.33. The molecule has 1 saturated carbocycles. The first-order valence-corrected chi connectivity index (χ1v) is 10.1. The van der Waals surface area contributed by atoms with Gasteiger partial charge in [0.25, 0.3) is 5.91 Å². The van der Waals surface area contributed by atoms with Crippen LogP contribution in [0.3, 0.4) is 0 Å². The first-order valence-electron chi connectivity index (χ1n) is 9.23. The second kappa shape index (κ2) is 6.70. The molecule has 0 radical (unpaired) electrons. The van der Waals surface area contributed by atoms with E-state index in [0.717, 1.165) is 35.9 Å². The van der Waals surface area contributed by atoms with Crippen LogP contribution in [-0.4, -0.2) is 53.1 Å². The van der Waals surface area contributed by atoms with Crippen LogP contribution >= 0.6 is 11.3 Å². The maximum absolute atomic E-state index is 13.2. The molecule has 0 saturated heterocycles. The number of fused-ring (bicyclic) bond motifs is 3. The summed E-state index contributed by atoms with van der Waals surface area (Å²) in [6, 6.07) is 4.19. The van der Waals surface area contributed by atoms with Crippen molar-refractivity contribution in [3.8, 4) is 0 Å². The Bertz CT molecular complexity index is 836. The quantitative estimate of drug-likeness (QED) is 0.874. The lowest BCUT2D eigenvalue weighted by Crippen LogP contribution is -2.65. The molecule has 1 atom stereocenters. The lowest BCUT2D eigenvalue weighted by Gasteiger charge is -2.44. The van der Waals surface area contributed by atoms with Crippen molar-refractivity contribution in [2.24, 2.45) is 0 Å². The number of rotatable bonds is 5. The molecule has 7 heteroatoms. The highest BCUT2D eigenvalue weighted by Gasteiger charge is 2.48. The molecular formula is C19H25N3O3S. The lowest BCUT2D eigenvalue weighted by molar-refractivity contribution is -0.133. The zero-order valence-corrected chi connectivity index (χ0v) is 16.1. The minimum Gasteiger partial charge on any atom is -0.383 e. The summed E-state index contributed by atoms with van der Waals surface area (Å²) in [5, 5.41) is 5.22.